The highest BCUT2D eigenvalue weighted by Gasteiger charge is 2.24. The Bertz CT molecular complexity index is 515. The molecular weight excluding hydrogens is 311 g/mol. The van der Waals surface area contributed by atoms with E-state index in [1.165, 1.54) is 31.7 Å². The van der Waals surface area contributed by atoms with Crippen molar-refractivity contribution in [3.8, 4) is 0 Å². The first-order valence-electron chi connectivity index (χ1n) is 7.41. The Morgan fingerprint density at radius 1 is 1.24 bits per heavy atom. The molecule has 4 nitrogen and oxygen atoms in total. The molecule has 21 heavy (non-hydrogen) atoms. The van der Waals surface area contributed by atoms with Gasteiger partial charge in [-0.05, 0) is 37.7 Å². The highest BCUT2D eigenvalue weighted by atomic mass is 35.5. The smallest absolute Gasteiger partial charge is 0.293 e. The largest absolute Gasteiger partial charge is 0.377 e. The third-order valence-corrected chi connectivity index (χ3v) is 4.86. The van der Waals surface area contributed by atoms with Crippen molar-refractivity contribution in [2.75, 3.05) is 5.32 Å². The van der Waals surface area contributed by atoms with Gasteiger partial charge in [-0.15, -0.1) is 0 Å². The van der Waals surface area contributed by atoms with Crippen LogP contribution in [-0.2, 0) is 0 Å². The van der Waals surface area contributed by atoms with Crippen LogP contribution in [0.25, 0.3) is 0 Å². The standard InChI is InChI=1S/C15H20Cl2N2O2/c1-2-3-10-4-6-11(7-5-10)18-14-8-12(16)13(17)9-15(14)19(20)21/h8-11,18H,2-7H2,1H3. The lowest BCUT2D eigenvalue weighted by Gasteiger charge is -2.29. The van der Waals surface area contributed by atoms with E-state index in [0.717, 1.165) is 18.8 Å². The summed E-state index contributed by atoms with van der Waals surface area (Å²) in [6.45, 7) is 2.21. The molecule has 1 aliphatic carbocycles. The fraction of sp³-hybridized carbons (Fsp3) is 0.600. The molecule has 0 aromatic heterocycles. The Labute approximate surface area is 135 Å². The molecule has 6 heteroatoms. The van der Waals surface area contributed by atoms with Crippen molar-refractivity contribution in [1.29, 1.82) is 0 Å². The number of nitrogens with one attached hydrogen (secondary N) is 1. The van der Waals surface area contributed by atoms with E-state index in [-0.39, 0.29) is 16.8 Å². The molecule has 2 rings (SSSR count). The normalized spacial score (nSPS) is 22.0. The fourth-order valence-corrected chi connectivity index (χ4v) is 3.35. The zero-order valence-corrected chi connectivity index (χ0v) is 13.6. The molecular formula is C15H20Cl2N2O2. The van der Waals surface area contributed by atoms with Crippen LogP contribution in [-0.4, -0.2) is 11.0 Å². The summed E-state index contributed by atoms with van der Waals surface area (Å²) in [4.78, 5) is 10.7. The summed E-state index contributed by atoms with van der Waals surface area (Å²) in [5, 5.41) is 15.0. The number of hydrogen-bond acceptors (Lipinski definition) is 3. The Hall–Kier alpha value is -1.00. The van der Waals surface area contributed by atoms with E-state index in [9.17, 15) is 10.1 Å². The molecule has 1 aromatic carbocycles. The van der Waals surface area contributed by atoms with E-state index < -0.39 is 4.92 Å². The van der Waals surface area contributed by atoms with Crippen LogP contribution in [0.5, 0.6) is 0 Å². The monoisotopic (exact) mass is 330 g/mol. The van der Waals surface area contributed by atoms with Crippen LogP contribution in [0.1, 0.15) is 45.4 Å². The third kappa shape index (κ3) is 4.24. The van der Waals surface area contributed by atoms with Crippen LogP contribution in [0.4, 0.5) is 11.4 Å². The van der Waals surface area contributed by atoms with Gasteiger partial charge >= 0.3 is 0 Å². The van der Waals surface area contributed by atoms with Gasteiger partial charge in [0.2, 0.25) is 0 Å². The van der Waals surface area contributed by atoms with E-state index in [1.54, 1.807) is 6.07 Å². The Morgan fingerprint density at radius 3 is 2.43 bits per heavy atom. The molecule has 0 spiro atoms. The second-order valence-corrected chi connectivity index (χ2v) is 6.51. The van der Waals surface area contributed by atoms with Gasteiger partial charge in [0.1, 0.15) is 5.69 Å². The minimum Gasteiger partial charge on any atom is -0.377 e. The van der Waals surface area contributed by atoms with Gasteiger partial charge in [0.05, 0.1) is 15.0 Å². The van der Waals surface area contributed by atoms with Crippen LogP contribution in [0, 0.1) is 16.0 Å². The minimum atomic E-state index is -0.423. The Kier molecular flexibility index (Phi) is 5.71. The summed E-state index contributed by atoms with van der Waals surface area (Å²) >= 11 is 11.8. The minimum absolute atomic E-state index is 0.0138. The summed E-state index contributed by atoms with van der Waals surface area (Å²) in [6.07, 6.45) is 6.95. The summed E-state index contributed by atoms with van der Waals surface area (Å²) in [5.41, 5.74) is 0.452. The number of rotatable bonds is 5. The molecule has 1 N–H and O–H groups in total. The molecule has 0 radical (unpaired) electrons. The molecule has 0 saturated heterocycles. The van der Waals surface area contributed by atoms with Crippen LogP contribution in [0.3, 0.4) is 0 Å². The fourth-order valence-electron chi connectivity index (χ4n) is 3.03. The summed E-state index contributed by atoms with van der Waals surface area (Å²) in [5.74, 6) is 0.803. The van der Waals surface area contributed by atoms with Gasteiger partial charge in [0.25, 0.3) is 5.69 Å². The molecule has 116 valence electrons. The molecule has 1 saturated carbocycles. The van der Waals surface area contributed by atoms with Crippen molar-refractivity contribution >= 4 is 34.6 Å². The number of nitrogens with zero attached hydrogens (tertiary/aromatic N) is 1. The second kappa shape index (κ2) is 7.32. The molecule has 0 aliphatic heterocycles. The third-order valence-electron chi connectivity index (χ3n) is 4.14. The van der Waals surface area contributed by atoms with Crippen molar-refractivity contribution < 1.29 is 4.92 Å². The van der Waals surface area contributed by atoms with E-state index in [1.807, 2.05) is 0 Å². The first-order chi connectivity index (χ1) is 10.0. The Balaban J connectivity index is 2.06. The summed E-state index contributed by atoms with van der Waals surface area (Å²) in [7, 11) is 0. The topological polar surface area (TPSA) is 55.2 Å². The molecule has 1 aliphatic rings. The van der Waals surface area contributed by atoms with Gasteiger partial charge in [-0.3, -0.25) is 10.1 Å². The van der Waals surface area contributed by atoms with Crippen molar-refractivity contribution in [3.63, 3.8) is 0 Å². The molecule has 1 fully saturated rings. The van der Waals surface area contributed by atoms with Crippen molar-refractivity contribution in [1.82, 2.24) is 0 Å². The van der Waals surface area contributed by atoms with Crippen molar-refractivity contribution in [2.24, 2.45) is 5.92 Å². The molecule has 0 heterocycles. The average molecular weight is 331 g/mol. The van der Waals surface area contributed by atoms with Gasteiger partial charge in [0, 0.05) is 12.1 Å². The number of benzene rings is 1. The lowest BCUT2D eigenvalue weighted by molar-refractivity contribution is -0.384. The first kappa shape index (κ1) is 16.4. The number of nitro benzene ring substituents is 1. The Morgan fingerprint density at radius 2 is 1.86 bits per heavy atom. The highest BCUT2D eigenvalue weighted by molar-refractivity contribution is 6.42. The van der Waals surface area contributed by atoms with Crippen LogP contribution in [0.2, 0.25) is 10.0 Å². The predicted molar refractivity (Wildman–Crippen MR) is 87.4 cm³/mol. The number of halogens is 2. The van der Waals surface area contributed by atoms with Crippen LogP contribution < -0.4 is 5.32 Å². The molecule has 0 amide bonds. The molecule has 0 bridgehead atoms. The maximum absolute atomic E-state index is 11.1. The second-order valence-electron chi connectivity index (χ2n) is 5.69. The molecule has 1 aromatic rings. The lowest BCUT2D eigenvalue weighted by Crippen LogP contribution is -2.26. The highest BCUT2D eigenvalue weighted by Crippen LogP contribution is 2.36. The number of hydrogen-bond donors (Lipinski definition) is 1. The molecule has 0 unspecified atom stereocenters. The zero-order valence-electron chi connectivity index (χ0n) is 12.1. The number of nitro groups is 1. The van der Waals surface area contributed by atoms with E-state index >= 15 is 0 Å². The summed E-state index contributed by atoms with van der Waals surface area (Å²) < 4.78 is 0. The van der Waals surface area contributed by atoms with Gasteiger partial charge in [-0.25, -0.2) is 0 Å². The van der Waals surface area contributed by atoms with E-state index in [4.69, 9.17) is 23.2 Å². The predicted octanol–water partition coefficient (Wildman–Crippen LogP) is 5.67. The van der Waals surface area contributed by atoms with Crippen LogP contribution >= 0.6 is 23.2 Å². The molecule has 0 atom stereocenters. The van der Waals surface area contributed by atoms with Crippen molar-refractivity contribution in [3.05, 3.63) is 32.3 Å². The van der Waals surface area contributed by atoms with E-state index in [0.29, 0.717) is 10.7 Å². The van der Waals surface area contributed by atoms with Crippen LogP contribution in [0.15, 0.2) is 12.1 Å². The number of anilines is 1. The van der Waals surface area contributed by atoms with Gasteiger partial charge in [-0.1, -0.05) is 43.0 Å². The summed E-state index contributed by atoms with van der Waals surface area (Å²) in [6, 6.07) is 3.14. The average Bonchev–Trinajstić information content (AvgIpc) is 2.44. The van der Waals surface area contributed by atoms with Crippen molar-refractivity contribution in [2.45, 2.75) is 51.5 Å². The maximum atomic E-state index is 11.1. The first-order valence-corrected chi connectivity index (χ1v) is 8.16. The van der Waals surface area contributed by atoms with Gasteiger partial charge in [0.15, 0.2) is 0 Å². The SMILES string of the molecule is CCCC1CCC(Nc2cc(Cl)c(Cl)cc2[N+](=O)[O-])CC1. The van der Waals surface area contributed by atoms with E-state index in [2.05, 4.69) is 12.2 Å². The zero-order chi connectivity index (χ0) is 15.4. The quantitative estimate of drug-likeness (QED) is 0.558. The van der Waals surface area contributed by atoms with Gasteiger partial charge in [-0.2, -0.15) is 0 Å². The maximum Gasteiger partial charge on any atom is 0.293 e. The van der Waals surface area contributed by atoms with Gasteiger partial charge < -0.3 is 5.32 Å². The lowest BCUT2D eigenvalue weighted by atomic mass is 9.83.